The summed E-state index contributed by atoms with van der Waals surface area (Å²) in [6, 6.07) is 14.7. The van der Waals surface area contributed by atoms with Crippen LogP contribution in [0.3, 0.4) is 0 Å². The molecule has 2 aromatic carbocycles. The summed E-state index contributed by atoms with van der Waals surface area (Å²) >= 11 is 1.70. The zero-order valence-corrected chi connectivity index (χ0v) is 17.5. The predicted octanol–water partition coefficient (Wildman–Crippen LogP) is 4.71. The van der Waals surface area contributed by atoms with Crippen molar-refractivity contribution in [1.82, 2.24) is 9.47 Å². The molecule has 1 fully saturated rings. The summed E-state index contributed by atoms with van der Waals surface area (Å²) < 4.78 is 20.9. The Balaban J connectivity index is 1.52. The number of fused-ring (bicyclic) bond motifs is 1. The van der Waals surface area contributed by atoms with Crippen LogP contribution in [0.2, 0.25) is 0 Å². The molecule has 2 atom stereocenters. The lowest BCUT2D eigenvalue weighted by Crippen LogP contribution is -2.49. The number of halogens is 1. The van der Waals surface area contributed by atoms with Gasteiger partial charge in [0.15, 0.2) is 0 Å². The summed E-state index contributed by atoms with van der Waals surface area (Å²) in [5.41, 5.74) is 2.12. The van der Waals surface area contributed by atoms with Gasteiger partial charge in [-0.2, -0.15) is 0 Å². The van der Waals surface area contributed by atoms with Crippen LogP contribution in [-0.4, -0.2) is 40.7 Å². The third-order valence-corrected chi connectivity index (χ3v) is 6.25. The first kappa shape index (κ1) is 20.0. The van der Waals surface area contributed by atoms with Crippen molar-refractivity contribution in [2.45, 2.75) is 43.2 Å². The number of thioether (sulfide) groups is 1. The van der Waals surface area contributed by atoms with Gasteiger partial charge in [-0.05, 0) is 37.6 Å². The monoisotopic (exact) mass is 412 g/mol. The zero-order valence-electron chi connectivity index (χ0n) is 16.7. The molecule has 29 heavy (non-hydrogen) atoms. The molecule has 0 aliphatic carbocycles. The lowest BCUT2D eigenvalue weighted by Gasteiger charge is -2.35. The van der Waals surface area contributed by atoms with Gasteiger partial charge < -0.3 is 14.2 Å². The summed E-state index contributed by atoms with van der Waals surface area (Å²) in [7, 11) is 0. The summed E-state index contributed by atoms with van der Waals surface area (Å²) in [6.07, 6.45) is 2.18. The smallest absolute Gasteiger partial charge is 0.242 e. The fourth-order valence-electron chi connectivity index (χ4n) is 3.83. The molecule has 0 N–H and O–H groups in total. The Labute approximate surface area is 174 Å². The van der Waals surface area contributed by atoms with Gasteiger partial charge in [-0.1, -0.05) is 30.3 Å². The number of hydrogen-bond acceptors (Lipinski definition) is 3. The molecule has 6 heteroatoms. The second kappa shape index (κ2) is 8.59. The highest BCUT2D eigenvalue weighted by molar-refractivity contribution is 7.98. The first-order valence-electron chi connectivity index (χ1n) is 9.88. The van der Waals surface area contributed by atoms with E-state index in [0.717, 1.165) is 27.1 Å². The average molecular weight is 413 g/mol. The van der Waals surface area contributed by atoms with Crippen molar-refractivity contribution in [3.63, 3.8) is 0 Å². The van der Waals surface area contributed by atoms with Gasteiger partial charge in [0.1, 0.15) is 12.4 Å². The number of rotatable bonds is 5. The number of benzene rings is 2. The fourth-order valence-corrected chi connectivity index (χ4v) is 4.87. The molecule has 0 bridgehead atoms. The Morgan fingerprint density at radius 3 is 2.52 bits per heavy atom. The van der Waals surface area contributed by atoms with E-state index in [1.807, 2.05) is 47.6 Å². The maximum absolute atomic E-state index is 13.1. The molecule has 152 valence electrons. The molecule has 2 heterocycles. The highest BCUT2D eigenvalue weighted by atomic mass is 32.2. The molecule has 1 aliphatic rings. The van der Waals surface area contributed by atoms with Crippen molar-refractivity contribution >= 4 is 28.6 Å². The largest absolute Gasteiger partial charge is 0.372 e. The summed E-state index contributed by atoms with van der Waals surface area (Å²) in [5.74, 6) is 0.643. The van der Waals surface area contributed by atoms with E-state index < -0.39 is 0 Å². The van der Waals surface area contributed by atoms with Crippen molar-refractivity contribution in [2.24, 2.45) is 0 Å². The van der Waals surface area contributed by atoms with Crippen LogP contribution in [0.15, 0.2) is 59.6 Å². The van der Waals surface area contributed by atoms with Crippen molar-refractivity contribution in [3.05, 3.63) is 66.1 Å². The number of nitrogens with zero attached hydrogens (tertiary/aromatic N) is 2. The van der Waals surface area contributed by atoms with E-state index in [-0.39, 0.29) is 23.9 Å². The fraction of sp³-hybridized carbons (Fsp3) is 0.348. The summed E-state index contributed by atoms with van der Waals surface area (Å²) in [4.78, 5) is 16.0. The van der Waals surface area contributed by atoms with Crippen LogP contribution in [0.25, 0.3) is 10.9 Å². The number of aromatic nitrogens is 1. The highest BCUT2D eigenvalue weighted by Gasteiger charge is 2.26. The van der Waals surface area contributed by atoms with E-state index in [1.165, 1.54) is 12.1 Å². The normalized spacial score (nSPS) is 19.6. The Hall–Kier alpha value is -2.31. The van der Waals surface area contributed by atoms with E-state index in [4.69, 9.17) is 4.74 Å². The van der Waals surface area contributed by atoms with E-state index in [0.29, 0.717) is 19.6 Å². The molecule has 0 radical (unpaired) electrons. The van der Waals surface area contributed by atoms with Gasteiger partial charge in [-0.3, -0.25) is 4.79 Å². The second-order valence-electron chi connectivity index (χ2n) is 7.61. The quantitative estimate of drug-likeness (QED) is 0.569. The lowest BCUT2D eigenvalue weighted by molar-refractivity contribution is -0.143. The Morgan fingerprint density at radius 2 is 1.79 bits per heavy atom. The second-order valence-corrected chi connectivity index (χ2v) is 8.63. The van der Waals surface area contributed by atoms with E-state index >= 15 is 0 Å². The first-order valence-corrected chi connectivity index (χ1v) is 10.9. The lowest BCUT2D eigenvalue weighted by atomic mass is 10.2. The summed E-state index contributed by atoms with van der Waals surface area (Å²) in [6.45, 7) is 5.59. The number of para-hydroxylation sites is 1. The van der Waals surface area contributed by atoms with Crippen LogP contribution in [0.4, 0.5) is 4.39 Å². The minimum absolute atomic E-state index is 0.0610. The molecule has 1 saturated heterocycles. The molecule has 1 aliphatic heterocycles. The standard InChI is InChI=1S/C23H25FN2O2S/c1-16-11-26(12-17(2)28-16)23(27)14-25-13-22(20-5-3-4-6-21(20)25)29-15-18-7-9-19(24)10-8-18/h3-10,13,16-17H,11-12,14-15H2,1-2H3/t16-,17-/m0/s1. The molecular weight excluding hydrogens is 387 g/mol. The van der Waals surface area contributed by atoms with Crippen molar-refractivity contribution in [2.75, 3.05) is 13.1 Å². The van der Waals surface area contributed by atoms with Gasteiger partial charge in [0, 0.05) is 40.8 Å². The number of carbonyl (C=O) groups is 1. The molecule has 1 amide bonds. The van der Waals surface area contributed by atoms with Gasteiger partial charge in [-0.25, -0.2) is 4.39 Å². The van der Waals surface area contributed by atoms with Crippen LogP contribution in [0.1, 0.15) is 19.4 Å². The molecule has 3 aromatic rings. The minimum atomic E-state index is -0.222. The molecule has 0 saturated carbocycles. The van der Waals surface area contributed by atoms with Gasteiger partial charge in [0.05, 0.1) is 12.2 Å². The van der Waals surface area contributed by atoms with E-state index in [2.05, 4.69) is 18.3 Å². The predicted molar refractivity (Wildman–Crippen MR) is 114 cm³/mol. The van der Waals surface area contributed by atoms with Gasteiger partial charge in [0.25, 0.3) is 0 Å². The van der Waals surface area contributed by atoms with E-state index in [1.54, 1.807) is 11.8 Å². The third kappa shape index (κ3) is 4.65. The van der Waals surface area contributed by atoms with Crippen molar-refractivity contribution in [3.8, 4) is 0 Å². The molecular formula is C23H25FN2O2S. The SMILES string of the molecule is C[C@H]1CN(C(=O)Cn2cc(SCc3ccc(F)cc3)c3ccccc32)C[C@H](C)O1. The number of hydrogen-bond donors (Lipinski definition) is 0. The average Bonchev–Trinajstić information content (AvgIpc) is 3.04. The number of ether oxygens (including phenoxy) is 1. The minimum Gasteiger partial charge on any atom is -0.372 e. The topological polar surface area (TPSA) is 34.5 Å². The van der Waals surface area contributed by atoms with E-state index in [9.17, 15) is 9.18 Å². The molecule has 0 spiro atoms. The molecule has 4 rings (SSSR count). The van der Waals surface area contributed by atoms with Gasteiger partial charge in [-0.15, -0.1) is 11.8 Å². The Kier molecular flexibility index (Phi) is 5.92. The molecule has 4 nitrogen and oxygen atoms in total. The van der Waals surface area contributed by atoms with Gasteiger partial charge >= 0.3 is 0 Å². The Morgan fingerprint density at radius 1 is 1.10 bits per heavy atom. The number of morpholine rings is 1. The maximum atomic E-state index is 13.1. The van der Waals surface area contributed by atoms with Crippen molar-refractivity contribution < 1.29 is 13.9 Å². The van der Waals surface area contributed by atoms with Crippen LogP contribution >= 0.6 is 11.8 Å². The number of carbonyl (C=O) groups excluding carboxylic acids is 1. The van der Waals surface area contributed by atoms with Crippen molar-refractivity contribution in [1.29, 1.82) is 0 Å². The zero-order chi connectivity index (χ0) is 20.4. The van der Waals surface area contributed by atoms with Crippen LogP contribution < -0.4 is 0 Å². The van der Waals surface area contributed by atoms with Crippen LogP contribution in [-0.2, 0) is 21.8 Å². The maximum Gasteiger partial charge on any atom is 0.242 e. The van der Waals surface area contributed by atoms with Crippen LogP contribution in [0, 0.1) is 5.82 Å². The summed E-state index contributed by atoms with van der Waals surface area (Å²) in [5, 5.41) is 1.14. The Bertz CT molecular complexity index is 992. The number of amides is 1. The first-order chi connectivity index (χ1) is 14.0. The highest BCUT2D eigenvalue weighted by Crippen LogP contribution is 2.32. The molecule has 0 unspecified atom stereocenters. The third-order valence-electron chi connectivity index (χ3n) is 5.14. The van der Waals surface area contributed by atoms with Crippen LogP contribution in [0.5, 0.6) is 0 Å². The molecule has 1 aromatic heterocycles. The van der Waals surface area contributed by atoms with Gasteiger partial charge in [0.2, 0.25) is 5.91 Å².